The van der Waals surface area contributed by atoms with Gasteiger partial charge in [0, 0.05) is 0 Å². The van der Waals surface area contributed by atoms with Crippen molar-refractivity contribution in [1.82, 2.24) is 0 Å². The highest BCUT2D eigenvalue weighted by molar-refractivity contribution is 8.27. The second-order valence-electron chi connectivity index (χ2n) is 1.89. The summed E-state index contributed by atoms with van der Waals surface area (Å²) in [5.74, 6) is 7.13. The van der Waals surface area contributed by atoms with Crippen molar-refractivity contribution in [1.29, 1.82) is 0 Å². The Kier molecular flexibility index (Phi) is 1.87. The Morgan fingerprint density at radius 1 is 1.57 bits per heavy atom. The lowest BCUT2D eigenvalue weighted by Gasteiger charge is -2.06. The highest BCUT2D eigenvalue weighted by Crippen LogP contribution is 2.20. The molecule has 44 valence electrons. The average molecular weight is 122 g/mol. The molecule has 0 aromatic rings. The van der Waals surface area contributed by atoms with E-state index in [1.807, 2.05) is 0 Å². The zero-order chi connectivity index (χ0) is 6.08. The van der Waals surface area contributed by atoms with Crippen LogP contribution in [0.3, 0.4) is 0 Å². The summed E-state index contributed by atoms with van der Waals surface area (Å²) in [5, 5.41) is 0. The summed E-state index contributed by atoms with van der Waals surface area (Å²) in [5.41, 5.74) is -0.840. The van der Waals surface area contributed by atoms with E-state index in [1.54, 1.807) is 6.26 Å². The van der Waals surface area contributed by atoms with Gasteiger partial charge in [0.25, 0.3) is 0 Å². The third-order valence-electron chi connectivity index (χ3n) is 0.784. The van der Waals surface area contributed by atoms with E-state index in [4.69, 9.17) is 0 Å². The van der Waals surface area contributed by atoms with E-state index < -0.39 is 14.7 Å². The van der Waals surface area contributed by atoms with Gasteiger partial charge in [-0.1, -0.05) is 11.7 Å². The molecule has 0 saturated carbocycles. The summed E-state index contributed by atoms with van der Waals surface area (Å²) in [6, 6.07) is 0. The molecule has 0 heterocycles. The van der Waals surface area contributed by atoms with E-state index in [9.17, 15) is 4.39 Å². The number of hydrogen-bond donors (Lipinski definition) is 0. The fourth-order valence-corrected chi connectivity index (χ4v) is 0. The van der Waals surface area contributed by atoms with E-state index in [2.05, 4.69) is 11.7 Å². The van der Waals surface area contributed by atoms with Gasteiger partial charge in [-0.15, -0.1) is 0 Å². The van der Waals surface area contributed by atoms with Crippen LogP contribution in [-0.2, 0) is 0 Å². The Hall–Kier alpha value is 0.0200. The maximum absolute atomic E-state index is 12.1. The highest BCUT2D eigenvalue weighted by Gasteiger charge is 1.96. The lowest BCUT2D eigenvalue weighted by Crippen LogP contribution is -1.89. The highest BCUT2D eigenvalue weighted by atomic mass is 32.2. The van der Waals surface area contributed by atoms with Gasteiger partial charge >= 0.3 is 0 Å². The fraction of sp³-hybridized carbons (Fsp3) is 0.600. The monoisotopic (exact) mass is 122 g/mol. The van der Waals surface area contributed by atoms with Crippen LogP contribution in [0.1, 0.15) is 6.92 Å². The van der Waals surface area contributed by atoms with Gasteiger partial charge in [0.1, 0.15) is 5.50 Å². The molecule has 0 rings (SSSR count). The molecule has 1 atom stereocenters. The molecule has 0 N–H and O–H groups in total. The van der Waals surface area contributed by atoms with Gasteiger partial charge in [-0.2, -0.15) is 9.21 Å². The summed E-state index contributed by atoms with van der Waals surface area (Å²) in [7, 11) is -1.41. The van der Waals surface area contributed by atoms with Gasteiger partial charge in [0.15, 0.2) is 0 Å². The first-order chi connectivity index (χ1) is 2.94. The summed E-state index contributed by atoms with van der Waals surface area (Å²) in [4.78, 5) is 0. The molecule has 2 heteroatoms. The minimum Gasteiger partial charge on any atom is -0.237 e. The standard InChI is InChI=1S/C5H11FS/c1-5(6)7(2,3)4/h5H,2-3H2,1,4H3. The second kappa shape index (κ2) is 1.86. The molecule has 7 heavy (non-hydrogen) atoms. The van der Waals surface area contributed by atoms with Gasteiger partial charge in [0.05, 0.1) is 0 Å². The second-order valence-corrected chi connectivity index (χ2v) is 5.24. The van der Waals surface area contributed by atoms with Crippen LogP contribution in [0.25, 0.3) is 0 Å². The molecule has 0 fully saturated rings. The third kappa shape index (κ3) is 2.68. The Balaban J connectivity index is 4.10. The zero-order valence-corrected chi connectivity index (χ0v) is 5.59. The van der Waals surface area contributed by atoms with Crippen LogP contribution in [-0.4, -0.2) is 23.5 Å². The van der Waals surface area contributed by atoms with Crippen molar-refractivity contribution in [3.8, 4) is 0 Å². The molecule has 0 radical (unpaired) electrons. The average Bonchev–Trinajstić information content (AvgIpc) is 1.31. The molecule has 0 aliphatic carbocycles. The summed E-state index contributed by atoms with van der Waals surface area (Å²) >= 11 is 0. The summed E-state index contributed by atoms with van der Waals surface area (Å²) in [6.45, 7) is 1.50. The Labute approximate surface area is 44.8 Å². The predicted molar refractivity (Wildman–Crippen MR) is 38.3 cm³/mol. The van der Waals surface area contributed by atoms with Crippen LogP contribution >= 0.6 is 9.21 Å². The number of rotatable bonds is 1. The fourth-order valence-electron chi connectivity index (χ4n) is 0. The van der Waals surface area contributed by atoms with Gasteiger partial charge in [0.2, 0.25) is 0 Å². The Bertz CT molecular complexity index is 130. The van der Waals surface area contributed by atoms with E-state index in [0.29, 0.717) is 0 Å². The maximum atomic E-state index is 12.1. The Morgan fingerprint density at radius 2 is 1.71 bits per heavy atom. The van der Waals surface area contributed by atoms with Gasteiger partial charge in [-0.3, -0.25) is 0 Å². The summed E-state index contributed by atoms with van der Waals surface area (Å²) < 4.78 is 12.1. The molecule has 0 bridgehead atoms. The lowest BCUT2D eigenvalue weighted by atomic mass is 10.9. The molecule has 0 spiro atoms. The molecule has 0 aromatic carbocycles. The molecule has 0 amide bonds. The van der Waals surface area contributed by atoms with Gasteiger partial charge < -0.3 is 0 Å². The number of hydrogen-bond acceptors (Lipinski definition) is 0. The van der Waals surface area contributed by atoms with Crippen molar-refractivity contribution in [3.05, 3.63) is 0 Å². The smallest absolute Gasteiger partial charge is 0.133 e. The Morgan fingerprint density at radius 3 is 1.71 bits per heavy atom. The summed E-state index contributed by atoms with van der Waals surface area (Å²) in [6.07, 6.45) is 1.75. The molecule has 0 saturated heterocycles. The van der Waals surface area contributed by atoms with Crippen LogP contribution in [0.2, 0.25) is 0 Å². The van der Waals surface area contributed by atoms with E-state index in [0.717, 1.165) is 0 Å². The first-order valence-corrected chi connectivity index (χ1v) is 4.46. The molecule has 0 aliphatic rings. The van der Waals surface area contributed by atoms with Crippen molar-refractivity contribution in [2.24, 2.45) is 0 Å². The van der Waals surface area contributed by atoms with Crippen LogP contribution in [0.5, 0.6) is 0 Å². The first kappa shape index (κ1) is 7.02. The van der Waals surface area contributed by atoms with Crippen LogP contribution in [0, 0.1) is 0 Å². The van der Waals surface area contributed by atoms with Gasteiger partial charge in [-0.25, -0.2) is 4.39 Å². The molecule has 0 aliphatic heterocycles. The topological polar surface area (TPSA) is 0 Å². The normalized spacial score (nSPS) is 16.4. The molecule has 1 unspecified atom stereocenters. The SMILES string of the molecule is C=S(=C)(C)C(C)F. The van der Waals surface area contributed by atoms with Crippen molar-refractivity contribution in [3.63, 3.8) is 0 Å². The minimum atomic E-state index is -1.41. The van der Waals surface area contributed by atoms with Crippen molar-refractivity contribution >= 4 is 20.9 Å². The van der Waals surface area contributed by atoms with Crippen LogP contribution < -0.4 is 0 Å². The zero-order valence-electron chi connectivity index (χ0n) is 4.78. The van der Waals surface area contributed by atoms with Crippen LogP contribution in [0.15, 0.2) is 0 Å². The van der Waals surface area contributed by atoms with Gasteiger partial charge in [-0.05, 0) is 13.2 Å². The molecular formula is C5H11FS. The van der Waals surface area contributed by atoms with Crippen molar-refractivity contribution in [2.75, 3.05) is 6.26 Å². The van der Waals surface area contributed by atoms with E-state index in [-0.39, 0.29) is 0 Å². The number of alkyl halides is 1. The largest absolute Gasteiger partial charge is 0.237 e. The molecule has 0 aromatic heterocycles. The third-order valence-corrected chi connectivity index (χ3v) is 2.35. The minimum absolute atomic E-state index is 0.840. The van der Waals surface area contributed by atoms with Crippen molar-refractivity contribution in [2.45, 2.75) is 12.4 Å². The number of halogens is 1. The lowest BCUT2D eigenvalue weighted by molar-refractivity contribution is 0.483. The molecule has 0 nitrogen and oxygen atoms in total. The maximum Gasteiger partial charge on any atom is 0.133 e. The molecular weight excluding hydrogens is 111 g/mol. The van der Waals surface area contributed by atoms with E-state index in [1.165, 1.54) is 6.92 Å². The predicted octanol–water partition coefficient (Wildman–Crippen LogP) is 1.60. The van der Waals surface area contributed by atoms with E-state index >= 15 is 0 Å². The van der Waals surface area contributed by atoms with Crippen molar-refractivity contribution < 1.29 is 4.39 Å². The quantitative estimate of drug-likeness (QED) is 0.463. The van der Waals surface area contributed by atoms with Crippen LogP contribution in [0.4, 0.5) is 4.39 Å². The first-order valence-electron chi connectivity index (χ1n) is 2.02.